The lowest BCUT2D eigenvalue weighted by atomic mass is 10.2. The minimum absolute atomic E-state index is 0.185. The third-order valence-electron chi connectivity index (χ3n) is 3.11. The van der Waals surface area contributed by atoms with Crippen molar-refractivity contribution in [2.45, 2.75) is 0 Å². The van der Waals surface area contributed by atoms with Gasteiger partial charge in [-0.05, 0) is 53.4 Å². The molecule has 0 aliphatic rings. The number of carbonyl (C=O) groups is 1. The predicted octanol–water partition coefficient (Wildman–Crippen LogP) is 4.19. The van der Waals surface area contributed by atoms with Crippen molar-refractivity contribution in [2.75, 3.05) is 5.32 Å². The Balaban J connectivity index is 1.66. The summed E-state index contributed by atoms with van der Waals surface area (Å²) in [6.07, 6.45) is 6.62. The second-order valence-corrected chi connectivity index (χ2v) is 5.86. The number of benzene rings is 1. The molecule has 3 nitrogen and oxygen atoms in total. The molecule has 0 spiro atoms. The Morgan fingerprint density at radius 1 is 1.08 bits per heavy atom. The van der Waals surface area contributed by atoms with E-state index in [4.69, 9.17) is 0 Å². The van der Waals surface area contributed by atoms with Gasteiger partial charge in [-0.2, -0.15) is 0 Å². The van der Waals surface area contributed by atoms with E-state index in [2.05, 4.69) is 22.1 Å². The van der Waals surface area contributed by atoms with Gasteiger partial charge in [0.25, 0.3) is 0 Å². The maximum Gasteiger partial charge on any atom is 0.248 e. The van der Waals surface area contributed by atoms with Gasteiger partial charge in [-0.25, -0.2) is 0 Å². The zero-order chi connectivity index (χ0) is 16.6. The number of carbonyl (C=O) groups excluding carboxylic acids is 1. The molecule has 1 N–H and O–H groups in total. The van der Waals surface area contributed by atoms with Crippen LogP contribution < -0.4 is 5.32 Å². The average molecular weight is 330 g/mol. The van der Waals surface area contributed by atoms with Crippen molar-refractivity contribution in [3.05, 3.63) is 88.4 Å². The number of hydrogen-bond acceptors (Lipinski definition) is 3. The normalized spacial score (nSPS) is 10.2. The number of anilines is 1. The standard InChI is InChI=1S/C20H14N2OS/c23-20(9-7-16-10-12-21-13-11-16)22-18-4-1-3-17(15-18)6-8-19-5-2-14-24-19/h1-5,7,9-15H,(H,22,23)/b9-7+. The zero-order valence-electron chi connectivity index (χ0n) is 12.8. The Hall–Kier alpha value is -3.16. The number of thiophene rings is 1. The van der Waals surface area contributed by atoms with Crippen LogP contribution in [0.25, 0.3) is 6.08 Å². The van der Waals surface area contributed by atoms with E-state index in [9.17, 15) is 4.79 Å². The Morgan fingerprint density at radius 2 is 1.96 bits per heavy atom. The van der Waals surface area contributed by atoms with E-state index in [0.717, 1.165) is 21.7 Å². The van der Waals surface area contributed by atoms with Gasteiger partial charge in [-0.3, -0.25) is 9.78 Å². The Morgan fingerprint density at radius 3 is 2.75 bits per heavy atom. The first-order valence-electron chi connectivity index (χ1n) is 7.34. The third-order valence-corrected chi connectivity index (χ3v) is 3.90. The lowest BCUT2D eigenvalue weighted by Crippen LogP contribution is -2.07. The highest BCUT2D eigenvalue weighted by Gasteiger charge is 1.98. The van der Waals surface area contributed by atoms with Gasteiger partial charge in [0.1, 0.15) is 0 Å². The highest BCUT2D eigenvalue weighted by molar-refractivity contribution is 7.10. The van der Waals surface area contributed by atoms with E-state index in [0.29, 0.717) is 0 Å². The summed E-state index contributed by atoms with van der Waals surface area (Å²) in [5.41, 5.74) is 2.51. The molecule has 0 aliphatic carbocycles. The quantitative estimate of drug-likeness (QED) is 0.578. The van der Waals surface area contributed by atoms with Crippen molar-refractivity contribution in [2.24, 2.45) is 0 Å². The van der Waals surface area contributed by atoms with Crippen LogP contribution >= 0.6 is 11.3 Å². The van der Waals surface area contributed by atoms with Crippen molar-refractivity contribution in [3.8, 4) is 11.8 Å². The summed E-state index contributed by atoms with van der Waals surface area (Å²) < 4.78 is 0. The summed E-state index contributed by atoms with van der Waals surface area (Å²) in [5, 5.41) is 4.84. The predicted molar refractivity (Wildman–Crippen MR) is 98.6 cm³/mol. The Kier molecular flexibility index (Phi) is 5.18. The number of nitrogens with zero attached hydrogens (tertiary/aromatic N) is 1. The lowest BCUT2D eigenvalue weighted by molar-refractivity contribution is -0.111. The van der Waals surface area contributed by atoms with Crippen molar-refractivity contribution < 1.29 is 4.79 Å². The van der Waals surface area contributed by atoms with E-state index >= 15 is 0 Å². The molecular weight excluding hydrogens is 316 g/mol. The fourth-order valence-electron chi connectivity index (χ4n) is 1.99. The highest BCUT2D eigenvalue weighted by Crippen LogP contribution is 2.11. The summed E-state index contributed by atoms with van der Waals surface area (Å²) in [4.78, 5) is 17.0. The molecule has 0 aliphatic heterocycles. The smallest absolute Gasteiger partial charge is 0.248 e. The summed E-state index contributed by atoms with van der Waals surface area (Å²) >= 11 is 1.60. The molecule has 4 heteroatoms. The lowest BCUT2D eigenvalue weighted by Gasteiger charge is -2.02. The molecule has 116 valence electrons. The SMILES string of the molecule is O=C(/C=C/c1ccncc1)Nc1cccc(C#Cc2cccs2)c1. The molecule has 0 fully saturated rings. The third kappa shape index (κ3) is 4.67. The molecule has 1 amide bonds. The minimum atomic E-state index is -0.185. The second kappa shape index (κ2) is 7.91. The maximum atomic E-state index is 12.0. The van der Waals surface area contributed by atoms with Crippen LogP contribution in [0.1, 0.15) is 16.0 Å². The van der Waals surface area contributed by atoms with Crippen molar-refractivity contribution in [1.29, 1.82) is 0 Å². The molecule has 0 saturated carbocycles. The van der Waals surface area contributed by atoms with Gasteiger partial charge < -0.3 is 5.32 Å². The highest BCUT2D eigenvalue weighted by atomic mass is 32.1. The van der Waals surface area contributed by atoms with Gasteiger partial charge in [0, 0.05) is 29.7 Å². The van der Waals surface area contributed by atoms with Crippen LogP contribution in [-0.4, -0.2) is 10.9 Å². The number of amides is 1. The molecule has 24 heavy (non-hydrogen) atoms. The first-order chi connectivity index (χ1) is 11.8. The van der Waals surface area contributed by atoms with Gasteiger partial charge in [0.05, 0.1) is 4.88 Å². The Bertz CT molecular complexity index is 904. The first-order valence-corrected chi connectivity index (χ1v) is 8.22. The van der Waals surface area contributed by atoms with Crippen molar-refractivity contribution in [3.63, 3.8) is 0 Å². The van der Waals surface area contributed by atoms with Crippen molar-refractivity contribution in [1.82, 2.24) is 4.98 Å². The maximum absolute atomic E-state index is 12.0. The molecule has 0 radical (unpaired) electrons. The summed E-state index contributed by atoms with van der Waals surface area (Å²) in [7, 11) is 0. The zero-order valence-corrected chi connectivity index (χ0v) is 13.6. The average Bonchev–Trinajstić information content (AvgIpc) is 3.13. The van der Waals surface area contributed by atoms with Crippen LogP contribution in [0.2, 0.25) is 0 Å². The largest absolute Gasteiger partial charge is 0.322 e. The van der Waals surface area contributed by atoms with E-state index in [1.165, 1.54) is 6.08 Å². The van der Waals surface area contributed by atoms with E-state index < -0.39 is 0 Å². The Labute approximate surface area is 144 Å². The number of nitrogens with one attached hydrogen (secondary N) is 1. The molecule has 1 aromatic carbocycles. The first kappa shape index (κ1) is 15.7. The summed E-state index contributed by atoms with van der Waals surface area (Å²) in [5.74, 6) is 6.02. The van der Waals surface area contributed by atoms with Crippen molar-refractivity contribution >= 4 is 29.0 Å². The topological polar surface area (TPSA) is 42.0 Å². The molecule has 0 atom stereocenters. The molecule has 2 aromatic heterocycles. The van der Waals surface area contributed by atoms with Crippen LogP contribution in [0.5, 0.6) is 0 Å². The molecule has 0 bridgehead atoms. The molecule has 0 unspecified atom stereocenters. The van der Waals surface area contributed by atoms with Gasteiger partial charge in [-0.15, -0.1) is 11.3 Å². The number of hydrogen-bond donors (Lipinski definition) is 1. The minimum Gasteiger partial charge on any atom is -0.322 e. The fourth-order valence-corrected chi connectivity index (χ4v) is 2.56. The van der Waals surface area contributed by atoms with Gasteiger partial charge in [0.15, 0.2) is 0 Å². The number of rotatable bonds is 3. The van der Waals surface area contributed by atoms with Gasteiger partial charge in [-0.1, -0.05) is 24.0 Å². The summed E-state index contributed by atoms with van der Waals surface area (Å²) in [6, 6.07) is 15.1. The van der Waals surface area contributed by atoms with Gasteiger partial charge in [0.2, 0.25) is 5.91 Å². The second-order valence-electron chi connectivity index (χ2n) is 4.91. The number of aromatic nitrogens is 1. The monoisotopic (exact) mass is 330 g/mol. The molecular formula is C20H14N2OS. The van der Waals surface area contributed by atoms with Crippen LogP contribution in [-0.2, 0) is 4.79 Å². The van der Waals surface area contributed by atoms with E-state index in [1.54, 1.807) is 29.8 Å². The van der Waals surface area contributed by atoms with Crippen LogP contribution in [0.15, 0.2) is 72.4 Å². The fraction of sp³-hybridized carbons (Fsp3) is 0. The molecule has 3 aromatic rings. The molecule has 2 heterocycles. The van der Waals surface area contributed by atoms with Crippen LogP contribution in [0, 0.1) is 11.8 Å². The van der Waals surface area contributed by atoms with E-state index in [-0.39, 0.29) is 5.91 Å². The molecule has 3 rings (SSSR count). The van der Waals surface area contributed by atoms with Crippen LogP contribution in [0.4, 0.5) is 5.69 Å². The number of pyridine rings is 1. The van der Waals surface area contributed by atoms with E-state index in [1.807, 2.05) is 53.9 Å². The summed E-state index contributed by atoms with van der Waals surface area (Å²) in [6.45, 7) is 0. The van der Waals surface area contributed by atoms with Crippen LogP contribution in [0.3, 0.4) is 0 Å². The molecule has 0 saturated heterocycles. The van der Waals surface area contributed by atoms with Gasteiger partial charge >= 0.3 is 0 Å².